The summed E-state index contributed by atoms with van der Waals surface area (Å²) in [5, 5.41) is 0.641. The Morgan fingerprint density at radius 3 is 2.79 bits per heavy atom. The number of nitrogen functional groups attached to an aromatic ring is 1. The average molecular weight is 280 g/mol. The zero-order valence-corrected chi connectivity index (χ0v) is 11.4. The quantitative estimate of drug-likeness (QED) is 0.877. The standard InChI is InChI=1S/C13H14ClN3O2/c1-8(9-5-3-4-6-10(9)14)17-7-16-11(12(17)15)13(18)19-2/h3-8H,15H2,1-2H3. The number of methoxy groups -OCH3 is 1. The molecule has 0 saturated heterocycles. The van der Waals surface area contributed by atoms with E-state index in [2.05, 4.69) is 9.72 Å². The molecule has 2 aromatic rings. The number of rotatable bonds is 3. The van der Waals surface area contributed by atoms with Crippen LogP contribution in [0.15, 0.2) is 30.6 Å². The van der Waals surface area contributed by atoms with Crippen LogP contribution in [0, 0.1) is 0 Å². The number of hydrogen-bond donors (Lipinski definition) is 1. The van der Waals surface area contributed by atoms with Gasteiger partial charge in [0.25, 0.3) is 0 Å². The van der Waals surface area contributed by atoms with Crippen LogP contribution in [0.1, 0.15) is 29.0 Å². The molecule has 0 aliphatic carbocycles. The lowest BCUT2D eigenvalue weighted by Gasteiger charge is -2.16. The number of benzene rings is 1. The lowest BCUT2D eigenvalue weighted by atomic mass is 10.1. The van der Waals surface area contributed by atoms with Gasteiger partial charge in [0.1, 0.15) is 5.82 Å². The third-order valence-electron chi connectivity index (χ3n) is 2.98. The first-order valence-corrected chi connectivity index (χ1v) is 6.09. The van der Waals surface area contributed by atoms with Crippen molar-refractivity contribution in [3.05, 3.63) is 46.9 Å². The Hall–Kier alpha value is -2.01. The first-order valence-electron chi connectivity index (χ1n) is 5.71. The maximum Gasteiger partial charge on any atom is 0.360 e. The summed E-state index contributed by atoms with van der Waals surface area (Å²) in [7, 11) is 1.29. The number of carbonyl (C=O) groups excluding carboxylic acids is 1. The van der Waals surface area contributed by atoms with Crippen LogP contribution in [-0.4, -0.2) is 22.6 Å². The molecular formula is C13H14ClN3O2. The molecule has 100 valence electrons. The Balaban J connectivity index is 2.41. The minimum absolute atomic E-state index is 0.112. The molecule has 0 bridgehead atoms. The van der Waals surface area contributed by atoms with E-state index in [9.17, 15) is 4.79 Å². The van der Waals surface area contributed by atoms with Gasteiger partial charge in [-0.2, -0.15) is 0 Å². The van der Waals surface area contributed by atoms with Crippen molar-refractivity contribution in [1.29, 1.82) is 0 Å². The van der Waals surface area contributed by atoms with Crippen molar-refractivity contribution in [1.82, 2.24) is 9.55 Å². The number of anilines is 1. The Morgan fingerprint density at radius 1 is 1.47 bits per heavy atom. The molecule has 0 aliphatic rings. The second-order valence-electron chi connectivity index (χ2n) is 4.07. The molecule has 5 nitrogen and oxygen atoms in total. The van der Waals surface area contributed by atoms with Gasteiger partial charge in [0, 0.05) is 5.02 Å². The Kier molecular flexibility index (Phi) is 3.76. The molecule has 0 aliphatic heterocycles. The fourth-order valence-electron chi connectivity index (χ4n) is 1.90. The smallest absolute Gasteiger partial charge is 0.360 e. The number of hydrogen-bond acceptors (Lipinski definition) is 4. The monoisotopic (exact) mass is 279 g/mol. The minimum Gasteiger partial charge on any atom is -0.464 e. The molecule has 1 unspecified atom stereocenters. The number of nitrogens with two attached hydrogens (primary N) is 1. The summed E-state index contributed by atoms with van der Waals surface area (Å²) in [5.74, 6) is -0.290. The topological polar surface area (TPSA) is 70.1 Å². The predicted octanol–water partition coefficient (Wildman–Crippen LogP) is 2.51. The lowest BCUT2D eigenvalue weighted by molar-refractivity contribution is 0.0596. The van der Waals surface area contributed by atoms with Gasteiger partial charge in [-0.15, -0.1) is 0 Å². The number of nitrogens with zero attached hydrogens (tertiary/aromatic N) is 2. The van der Waals surface area contributed by atoms with Crippen molar-refractivity contribution >= 4 is 23.4 Å². The third-order valence-corrected chi connectivity index (χ3v) is 3.33. The molecular weight excluding hydrogens is 266 g/mol. The molecule has 0 saturated carbocycles. The molecule has 2 rings (SSSR count). The van der Waals surface area contributed by atoms with Crippen LogP contribution >= 0.6 is 11.6 Å². The molecule has 0 spiro atoms. The van der Waals surface area contributed by atoms with E-state index in [-0.39, 0.29) is 17.6 Å². The highest BCUT2D eigenvalue weighted by Crippen LogP contribution is 2.28. The van der Waals surface area contributed by atoms with Gasteiger partial charge >= 0.3 is 5.97 Å². The molecule has 6 heteroatoms. The lowest BCUT2D eigenvalue weighted by Crippen LogP contribution is -2.12. The Morgan fingerprint density at radius 2 is 2.16 bits per heavy atom. The SMILES string of the molecule is COC(=O)c1ncn(C(C)c2ccccc2Cl)c1N. The Labute approximate surface area is 116 Å². The van der Waals surface area contributed by atoms with E-state index < -0.39 is 5.97 Å². The van der Waals surface area contributed by atoms with Crippen molar-refractivity contribution < 1.29 is 9.53 Å². The van der Waals surface area contributed by atoms with Crippen LogP contribution < -0.4 is 5.73 Å². The van der Waals surface area contributed by atoms with E-state index in [1.54, 1.807) is 4.57 Å². The van der Waals surface area contributed by atoms with Gasteiger partial charge < -0.3 is 15.0 Å². The van der Waals surface area contributed by atoms with Crippen LogP contribution in [-0.2, 0) is 4.74 Å². The molecule has 2 N–H and O–H groups in total. The molecule has 1 aromatic carbocycles. The highest BCUT2D eigenvalue weighted by molar-refractivity contribution is 6.31. The van der Waals surface area contributed by atoms with Crippen LogP contribution in [0.4, 0.5) is 5.82 Å². The molecule has 0 radical (unpaired) electrons. The highest BCUT2D eigenvalue weighted by atomic mass is 35.5. The van der Waals surface area contributed by atoms with E-state index in [1.807, 2.05) is 31.2 Å². The zero-order chi connectivity index (χ0) is 14.0. The van der Waals surface area contributed by atoms with E-state index in [1.165, 1.54) is 13.4 Å². The van der Waals surface area contributed by atoms with E-state index >= 15 is 0 Å². The first-order chi connectivity index (χ1) is 9.06. The number of halogens is 1. The van der Waals surface area contributed by atoms with Crippen LogP contribution in [0.25, 0.3) is 0 Å². The summed E-state index contributed by atoms with van der Waals surface area (Å²) >= 11 is 6.15. The molecule has 1 aromatic heterocycles. The first kappa shape index (κ1) is 13.4. The van der Waals surface area contributed by atoms with Crippen molar-refractivity contribution in [2.45, 2.75) is 13.0 Å². The molecule has 0 fully saturated rings. The van der Waals surface area contributed by atoms with Crippen LogP contribution in [0.2, 0.25) is 5.02 Å². The van der Waals surface area contributed by atoms with Gasteiger partial charge in [-0.05, 0) is 18.6 Å². The summed E-state index contributed by atoms with van der Waals surface area (Å²) in [4.78, 5) is 15.5. The van der Waals surface area contributed by atoms with Gasteiger partial charge in [-0.1, -0.05) is 29.8 Å². The fourth-order valence-corrected chi connectivity index (χ4v) is 2.19. The summed E-state index contributed by atoms with van der Waals surface area (Å²) in [5.41, 5.74) is 6.94. The average Bonchev–Trinajstić information content (AvgIpc) is 2.79. The van der Waals surface area contributed by atoms with Crippen molar-refractivity contribution in [3.8, 4) is 0 Å². The van der Waals surface area contributed by atoms with Crippen molar-refractivity contribution in [3.63, 3.8) is 0 Å². The number of aromatic nitrogens is 2. The van der Waals surface area contributed by atoms with E-state index in [0.29, 0.717) is 5.02 Å². The van der Waals surface area contributed by atoms with Gasteiger partial charge in [-0.25, -0.2) is 9.78 Å². The van der Waals surface area contributed by atoms with Gasteiger partial charge in [-0.3, -0.25) is 0 Å². The second-order valence-corrected chi connectivity index (χ2v) is 4.48. The maximum atomic E-state index is 11.5. The summed E-state index contributed by atoms with van der Waals surface area (Å²) in [6, 6.07) is 7.34. The number of ether oxygens (including phenoxy) is 1. The molecule has 0 amide bonds. The predicted molar refractivity (Wildman–Crippen MR) is 73.2 cm³/mol. The Bertz CT molecular complexity index is 610. The third kappa shape index (κ3) is 2.42. The van der Waals surface area contributed by atoms with Crippen molar-refractivity contribution in [2.24, 2.45) is 0 Å². The van der Waals surface area contributed by atoms with Gasteiger partial charge in [0.05, 0.1) is 19.5 Å². The summed E-state index contributed by atoms with van der Waals surface area (Å²) in [6.45, 7) is 1.93. The van der Waals surface area contributed by atoms with Gasteiger partial charge in [0.2, 0.25) is 0 Å². The zero-order valence-electron chi connectivity index (χ0n) is 10.6. The number of esters is 1. The number of carbonyl (C=O) groups is 1. The van der Waals surface area contributed by atoms with Crippen LogP contribution in [0.3, 0.4) is 0 Å². The highest BCUT2D eigenvalue weighted by Gasteiger charge is 2.20. The molecule has 1 heterocycles. The van der Waals surface area contributed by atoms with Crippen molar-refractivity contribution in [2.75, 3.05) is 12.8 Å². The van der Waals surface area contributed by atoms with Gasteiger partial charge in [0.15, 0.2) is 5.69 Å². The largest absolute Gasteiger partial charge is 0.464 e. The van der Waals surface area contributed by atoms with E-state index in [0.717, 1.165) is 5.56 Å². The minimum atomic E-state index is -0.553. The maximum absolute atomic E-state index is 11.5. The molecule has 19 heavy (non-hydrogen) atoms. The van der Waals surface area contributed by atoms with E-state index in [4.69, 9.17) is 17.3 Å². The molecule has 1 atom stereocenters. The summed E-state index contributed by atoms with van der Waals surface area (Å²) < 4.78 is 6.31. The second kappa shape index (κ2) is 5.32. The normalized spacial score (nSPS) is 12.2. The fraction of sp³-hybridized carbons (Fsp3) is 0.231. The summed E-state index contributed by atoms with van der Waals surface area (Å²) in [6.07, 6.45) is 1.51. The van der Waals surface area contributed by atoms with Crippen LogP contribution in [0.5, 0.6) is 0 Å². The number of imidazole rings is 1.